The fourth-order valence-electron chi connectivity index (χ4n) is 2.51. The van der Waals surface area contributed by atoms with Crippen LogP contribution in [-0.4, -0.2) is 36.5 Å². The quantitative estimate of drug-likeness (QED) is 0.811. The zero-order valence-electron chi connectivity index (χ0n) is 12.0. The highest BCUT2D eigenvalue weighted by atomic mass is 32.2. The van der Waals surface area contributed by atoms with Crippen molar-refractivity contribution in [3.8, 4) is 0 Å². The van der Waals surface area contributed by atoms with Crippen molar-refractivity contribution in [2.45, 2.75) is 43.6 Å². The van der Waals surface area contributed by atoms with E-state index in [0.717, 1.165) is 0 Å². The monoisotopic (exact) mass is 298 g/mol. The molecule has 2 rings (SSSR count). The zero-order valence-corrected chi connectivity index (χ0v) is 12.8. The lowest BCUT2D eigenvalue weighted by atomic mass is 9.98. The SMILES string of the molecule is Cc1ccc(N)cc1S(=O)(=O)N1CCCC(C)(O)CC1. The van der Waals surface area contributed by atoms with Crippen molar-refractivity contribution < 1.29 is 13.5 Å². The van der Waals surface area contributed by atoms with E-state index in [9.17, 15) is 13.5 Å². The Morgan fingerprint density at radius 2 is 2.00 bits per heavy atom. The van der Waals surface area contributed by atoms with Crippen LogP contribution in [0.2, 0.25) is 0 Å². The van der Waals surface area contributed by atoms with Gasteiger partial charge in [0.05, 0.1) is 10.5 Å². The number of sulfonamides is 1. The topological polar surface area (TPSA) is 83.6 Å². The largest absolute Gasteiger partial charge is 0.399 e. The first-order valence-electron chi connectivity index (χ1n) is 6.81. The van der Waals surface area contributed by atoms with E-state index in [1.165, 1.54) is 10.4 Å². The van der Waals surface area contributed by atoms with Crippen molar-refractivity contribution in [2.75, 3.05) is 18.8 Å². The molecule has 20 heavy (non-hydrogen) atoms. The molecule has 0 spiro atoms. The number of benzene rings is 1. The first-order valence-corrected chi connectivity index (χ1v) is 8.25. The summed E-state index contributed by atoms with van der Waals surface area (Å²) in [5.41, 5.74) is 6.05. The molecule has 1 atom stereocenters. The summed E-state index contributed by atoms with van der Waals surface area (Å²) >= 11 is 0. The number of nitrogens with two attached hydrogens (primary N) is 1. The summed E-state index contributed by atoms with van der Waals surface area (Å²) in [6.45, 7) is 4.30. The molecule has 0 saturated carbocycles. The molecule has 3 N–H and O–H groups in total. The summed E-state index contributed by atoms with van der Waals surface area (Å²) in [5, 5.41) is 10.1. The maximum atomic E-state index is 12.7. The van der Waals surface area contributed by atoms with Gasteiger partial charge in [0.25, 0.3) is 0 Å². The van der Waals surface area contributed by atoms with Crippen LogP contribution in [-0.2, 0) is 10.0 Å². The van der Waals surface area contributed by atoms with E-state index in [1.807, 2.05) is 0 Å². The predicted octanol–water partition coefficient (Wildman–Crippen LogP) is 1.50. The van der Waals surface area contributed by atoms with E-state index in [-0.39, 0.29) is 4.90 Å². The van der Waals surface area contributed by atoms with Gasteiger partial charge < -0.3 is 10.8 Å². The number of nitrogens with zero attached hydrogens (tertiary/aromatic N) is 1. The molecule has 1 aliphatic rings. The Kier molecular flexibility index (Phi) is 4.09. The van der Waals surface area contributed by atoms with Crippen LogP contribution < -0.4 is 5.73 Å². The van der Waals surface area contributed by atoms with Gasteiger partial charge in [0, 0.05) is 18.8 Å². The summed E-state index contributed by atoms with van der Waals surface area (Å²) in [4.78, 5) is 0.263. The standard InChI is InChI=1S/C14H22N2O3S/c1-11-4-5-12(15)10-13(11)20(18,19)16-8-3-6-14(2,17)7-9-16/h4-5,10,17H,3,6-9,15H2,1-2H3. The number of anilines is 1. The molecule has 0 amide bonds. The van der Waals surface area contributed by atoms with Gasteiger partial charge in [-0.1, -0.05) is 6.07 Å². The van der Waals surface area contributed by atoms with Gasteiger partial charge in [0.2, 0.25) is 10.0 Å². The van der Waals surface area contributed by atoms with Crippen LogP contribution in [0.5, 0.6) is 0 Å². The molecule has 1 fully saturated rings. The summed E-state index contributed by atoms with van der Waals surface area (Å²) in [7, 11) is -3.55. The lowest BCUT2D eigenvalue weighted by Gasteiger charge is -2.23. The predicted molar refractivity (Wildman–Crippen MR) is 78.8 cm³/mol. The third-order valence-electron chi connectivity index (χ3n) is 3.85. The van der Waals surface area contributed by atoms with E-state index in [1.54, 1.807) is 26.0 Å². The number of rotatable bonds is 2. The highest BCUT2D eigenvalue weighted by molar-refractivity contribution is 7.89. The van der Waals surface area contributed by atoms with E-state index >= 15 is 0 Å². The second-order valence-electron chi connectivity index (χ2n) is 5.78. The number of nitrogen functional groups attached to an aromatic ring is 1. The van der Waals surface area contributed by atoms with E-state index in [2.05, 4.69) is 0 Å². The van der Waals surface area contributed by atoms with Crippen LogP contribution in [0.1, 0.15) is 31.7 Å². The fraction of sp³-hybridized carbons (Fsp3) is 0.571. The molecule has 0 aromatic heterocycles. The molecule has 1 aromatic rings. The number of hydrogen-bond donors (Lipinski definition) is 2. The maximum absolute atomic E-state index is 12.7. The molecule has 6 heteroatoms. The molecular formula is C14H22N2O3S. The lowest BCUT2D eigenvalue weighted by molar-refractivity contribution is 0.0465. The molecule has 0 radical (unpaired) electrons. The fourth-order valence-corrected chi connectivity index (χ4v) is 4.25. The highest BCUT2D eigenvalue weighted by Gasteiger charge is 2.32. The van der Waals surface area contributed by atoms with E-state index in [0.29, 0.717) is 43.6 Å². The minimum absolute atomic E-state index is 0.263. The average Bonchev–Trinajstić information content (AvgIpc) is 2.53. The summed E-state index contributed by atoms with van der Waals surface area (Å²) in [5.74, 6) is 0. The van der Waals surface area contributed by atoms with E-state index in [4.69, 9.17) is 5.73 Å². The third-order valence-corrected chi connectivity index (χ3v) is 5.89. The highest BCUT2D eigenvalue weighted by Crippen LogP contribution is 2.27. The van der Waals surface area contributed by atoms with Crippen LogP contribution in [0.3, 0.4) is 0 Å². The Bertz CT molecular complexity index is 596. The number of aliphatic hydroxyl groups is 1. The summed E-state index contributed by atoms with van der Waals surface area (Å²) in [6.07, 6.45) is 1.73. The van der Waals surface area contributed by atoms with Crippen LogP contribution in [0.4, 0.5) is 5.69 Å². The van der Waals surface area contributed by atoms with Crippen molar-refractivity contribution in [3.05, 3.63) is 23.8 Å². The van der Waals surface area contributed by atoms with Crippen LogP contribution in [0.25, 0.3) is 0 Å². The maximum Gasteiger partial charge on any atom is 0.243 e. The molecule has 1 saturated heterocycles. The number of aryl methyl sites for hydroxylation is 1. The minimum Gasteiger partial charge on any atom is -0.399 e. The smallest absolute Gasteiger partial charge is 0.243 e. The van der Waals surface area contributed by atoms with Gasteiger partial charge in [0.15, 0.2) is 0 Å². The van der Waals surface area contributed by atoms with Crippen molar-refractivity contribution >= 4 is 15.7 Å². The van der Waals surface area contributed by atoms with Gasteiger partial charge in [-0.05, 0) is 50.8 Å². The molecular weight excluding hydrogens is 276 g/mol. The van der Waals surface area contributed by atoms with Gasteiger partial charge in [-0.2, -0.15) is 4.31 Å². The molecule has 1 unspecified atom stereocenters. The van der Waals surface area contributed by atoms with Crippen LogP contribution in [0, 0.1) is 6.92 Å². The van der Waals surface area contributed by atoms with Crippen molar-refractivity contribution in [1.29, 1.82) is 0 Å². The van der Waals surface area contributed by atoms with Gasteiger partial charge >= 0.3 is 0 Å². The first-order chi connectivity index (χ1) is 9.22. The van der Waals surface area contributed by atoms with Gasteiger partial charge in [0.1, 0.15) is 0 Å². The Balaban J connectivity index is 2.33. The minimum atomic E-state index is -3.55. The molecule has 5 nitrogen and oxygen atoms in total. The zero-order chi connectivity index (χ0) is 15.0. The molecule has 1 aliphatic heterocycles. The Labute approximate surface area is 120 Å². The molecule has 0 aliphatic carbocycles. The van der Waals surface area contributed by atoms with Gasteiger partial charge in [-0.15, -0.1) is 0 Å². The lowest BCUT2D eigenvalue weighted by Crippen LogP contribution is -2.34. The summed E-state index contributed by atoms with van der Waals surface area (Å²) < 4.78 is 26.9. The van der Waals surface area contributed by atoms with Crippen LogP contribution in [0.15, 0.2) is 23.1 Å². The van der Waals surface area contributed by atoms with Gasteiger partial charge in [-0.25, -0.2) is 8.42 Å². The second kappa shape index (κ2) is 5.35. The van der Waals surface area contributed by atoms with Crippen molar-refractivity contribution in [2.24, 2.45) is 0 Å². The van der Waals surface area contributed by atoms with Crippen LogP contribution >= 0.6 is 0 Å². The Morgan fingerprint density at radius 3 is 2.70 bits per heavy atom. The second-order valence-corrected chi connectivity index (χ2v) is 7.69. The van der Waals surface area contributed by atoms with Crippen molar-refractivity contribution in [3.63, 3.8) is 0 Å². The third kappa shape index (κ3) is 3.13. The average molecular weight is 298 g/mol. The Morgan fingerprint density at radius 1 is 1.30 bits per heavy atom. The molecule has 112 valence electrons. The van der Waals surface area contributed by atoms with Gasteiger partial charge in [-0.3, -0.25) is 0 Å². The molecule has 1 heterocycles. The number of hydrogen-bond acceptors (Lipinski definition) is 4. The molecule has 0 bridgehead atoms. The normalized spacial score (nSPS) is 25.4. The Hall–Kier alpha value is -1.11. The van der Waals surface area contributed by atoms with Crippen molar-refractivity contribution in [1.82, 2.24) is 4.31 Å². The van der Waals surface area contributed by atoms with E-state index < -0.39 is 15.6 Å². The molecule has 1 aromatic carbocycles. The first kappa shape index (κ1) is 15.3. The summed E-state index contributed by atoms with van der Waals surface area (Å²) in [6, 6.07) is 4.92.